The van der Waals surface area contributed by atoms with Crippen LogP contribution in [0.2, 0.25) is 0 Å². The van der Waals surface area contributed by atoms with Crippen molar-refractivity contribution < 1.29 is 32.3 Å². The van der Waals surface area contributed by atoms with Gasteiger partial charge in [0, 0.05) is 19.4 Å². The molecule has 1 fully saturated rings. The van der Waals surface area contributed by atoms with Crippen molar-refractivity contribution in [1.82, 2.24) is 24.6 Å². The molecule has 3 heterocycles. The largest absolute Gasteiger partial charge is 0.462 e. The summed E-state index contributed by atoms with van der Waals surface area (Å²) in [4.78, 5) is 25.3. The number of ether oxygens (including phenoxy) is 2. The van der Waals surface area contributed by atoms with Gasteiger partial charge in [-0.15, -0.1) is 0 Å². The SMILES string of the molecule is C=C/C=C\c1cccc(OP(=O)(N[C@H](C)C(=O)OC(C)C)OC[C@]2(F)C[C@H](C)[C@H](n3cnc4c(NC)nc(N)nc43)O2)c1C. The Morgan fingerprint density at radius 2 is 2.11 bits per heavy atom. The minimum absolute atomic E-state index is 0.0118. The number of anilines is 2. The van der Waals surface area contributed by atoms with Gasteiger partial charge in [0.25, 0.3) is 0 Å². The summed E-state index contributed by atoms with van der Waals surface area (Å²) in [6.45, 7) is 11.3. The van der Waals surface area contributed by atoms with E-state index in [1.165, 1.54) is 13.3 Å². The lowest BCUT2D eigenvalue weighted by Crippen LogP contribution is -2.38. The fraction of sp³-hybridized carbons (Fsp3) is 0.448. The van der Waals surface area contributed by atoms with Gasteiger partial charge >= 0.3 is 13.7 Å². The maximum Gasteiger partial charge on any atom is 0.459 e. The van der Waals surface area contributed by atoms with Crippen LogP contribution in [-0.2, 0) is 23.4 Å². The molecule has 1 unspecified atom stereocenters. The normalized spacial score (nSPS) is 22.3. The first-order chi connectivity index (χ1) is 20.8. The van der Waals surface area contributed by atoms with E-state index in [0.717, 1.165) is 5.56 Å². The van der Waals surface area contributed by atoms with Crippen LogP contribution >= 0.6 is 7.75 Å². The summed E-state index contributed by atoms with van der Waals surface area (Å²) < 4.78 is 54.7. The number of benzene rings is 1. The maximum absolute atomic E-state index is 16.3. The van der Waals surface area contributed by atoms with Crippen LogP contribution in [0.5, 0.6) is 5.75 Å². The Balaban J connectivity index is 1.59. The van der Waals surface area contributed by atoms with Crippen LogP contribution in [0.15, 0.2) is 43.3 Å². The van der Waals surface area contributed by atoms with Gasteiger partial charge < -0.3 is 25.0 Å². The van der Waals surface area contributed by atoms with Crippen molar-refractivity contribution in [2.24, 2.45) is 5.92 Å². The standard InChI is InChI=1S/C29H39FN7O6P/c1-8-9-11-21-12-10-13-22(19(21)5)43-44(39,36-20(6)27(38)41-17(2)3)40-15-29(30)14-18(4)26(42-29)37-16-33-23-24(32-7)34-28(31)35-25(23)37/h8-13,16-18,20,26H,1,14-15H2,2-7H3,(H,36,39)(H3,31,32,34,35)/b11-9-/t18-,20+,26+,29-,44?/m0/s1. The minimum atomic E-state index is -4.40. The molecule has 1 saturated heterocycles. The van der Waals surface area contributed by atoms with Crippen LogP contribution in [0.1, 0.15) is 51.5 Å². The average molecular weight is 632 g/mol. The highest BCUT2D eigenvalue weighted by molar-refractivity contribution is 7.52. The molecule has 0 radical (unpaired) electrons. The fourth-order valence-electron chi connectivity index (χ4n) is 4.79. The Morgan fingerprint density at radius 3 is 2.80 bits per heavy atom. The monoisotopic (exact) mass is 631 g/mol. The summed E-state index contributed by atoms with van der Waals surface area (Å²) in [7, 11) is -2.72. The zero-order valence-electron chi connectivity index (χ0n) is 25.6. The number of nitrogens with zero attached hydrogens (tertiary/aromatic N) is 4. The number of hydrogen-bond donors (Lipinski definition) is 3. The van der Waals surface area contributed by atoms with E-state index in [1.54, 1.807) is 69.7 Å². The molecule has 1 aromatic carbocycles. The van der Waals surface area contributed by atoms with Gasteiger partial charge in [0.2, 0.25) is 11.8 Å². The number of esters is 1. The number of hydrogen-bond acceptors (Lipinski definition) is 11. The van der Waals surface area contributed by atoms with Crippen molar-refractivity contribution in [2.45, 2.75) is 65.3 Å². The van der Waals surface area contributed by atoms with E-state index in [2.05, 4.69) is 31.9 Å². The quantitative estimate of drug-likeness (QED) is 0.127. The zero-order valence-corrected chi connectivity index (χ0v) is 26.5. The Labute approximate surface area is 255 Å². The van der Waals surface area contributed by atoms with Crippen molar-refractivity contribution in [3.63, 3.8) is 0 Å². The number of imidazole rings is 1. The number of fused-ring (bicyclic) bond motifs is 1. The van der Waals surface area contributed by atoms with Crippen LogP contribution in [0.3, 0.4) is 0 Å². The van der Waals surface area contributed by atoms with Crippen molar-refractivity contribution in [3.05, 3.63) is 54.4 Å². The Morgan fingerprint density at radius 1 is 1.36 bits per heavy atom. The second-order valence-corrected chi connectivity index (χ2v) is 12.5. The van der Waals surface area contributed by atoms with Crippen molar-refractivity contribution in [3.8, 4) is 5.75 Å². The summed E-state index contributed by atoms with van der Waals surface area (Å²) in [6.07, 6.45) is 5.29. The number of allylic oxidation sites excluding steroid dienone is 2. The van der Waals surface area contributed by atoms with Gasteiger partial charge in [-0.05, 0) is 44.9 Å². The van der Waals surface area contributed by atoms with Gasteiger partial charge in [-0.25, -0.2) is 13.9 Å². The van der Waals surface area contributed by atoms with Gasteiger partial charge in [-0.3, -0.25) is 13.9 Å². The van der Waals surface area contributed by atoms with Crippen molar-refractivity contribution >= 4 is 42.7 Å². The molecule has 4 rings (SSSR count). The van der Waals surface area contributed by atoms with Crippen LogP contribution in [0, 0.1) is 12.8 Å². The first-order valence-corrected chi connectivity index (χ1v) is 15.7. The molecule has 44 heavy (non-hydrogen) atoms. The van der Waals surface area contributed by atoms with Crippen molar-refractivity contribution in [2.75, 3.05) is 24.7 Å². The molecule has 1 aliphatic rings. The lowest BCUT2D eigenvalue weighted by Gasteiger charge is -2.27. The molecule has 1 aliphatic heterocycles. The van der Waals surface area contributed by atoms with Crippen molar-refractivity contribution in [1.29, 1.82) is 0 Å². The first kappa shape index (κ1) is 33.1. The second-order valence-electron chi connectivity index (χ2n) is 10.8. The molecule has 0 amide bonds. The average Bonchev–Trinajstić information content (AvgIpc) is 3.51. The Hall–Kier alpha value is -3.84. The van der Waals surface area contributed by atoms with E-state index >= 15 is 4.39 Å². The highest BCUT2D eigenvalue weighted by Gasteiger charge is 2.49. The van der Waals surface area contributed by atoms with Gasteiger partial charge in [-0.1, -0.05) is 43.9 Å². The molecular weight excluding hydrogens is 592 g/mol. The number of nitrogens with one attached hydrogen (secondary N) is 2. The minimum Gasteiger partial charge on any atom is -0.462 e. The van der Waals surface area contributed by atoms with E-state index in [-0.39, 0.29) is 24.0 Å². The smallest absolute Gasteiger partial charge is 0.459 e. The van der Waals surface area contributed by atoms with Crippen LogP contribution < -0.4 is 20.7 Å². The predicted octanol–water partition coefficient (Wildman–Crippen LogP) is 5.31. The van der Waals surface area contributed by atoms with E-state index in [9.17, 15) is 9.36 Å². The van der Waals surface area contributed by atoms with E-state index in [0.29, 0.717) is 22.5 Å². The topological polar surface area (TPSA) is 165 Å². The zero-order chi connectivity index (χ0) is 32.2. The van der Waals surface area contributed by atoms with Gasteiger partial charge in [0.15, 0.2) is 17.0 Å². The summed E-state index contributed by atoms with van der Waals surface area (Å²) in [5, 5.41) is 5.51. The van der Waals surface area contributed by atoms with E-state index in [1.807, 2.05) is 6.07 Å². The number of carbonyl (C=O) groups excluding carboxylic acids is 1. The molecule has 4 N–H and O–H groups in total. The first-order valence-electron chi connectivity index (χ1n) is 14.1. The molecule has 15 heteroatoms. The number of halogens is 1. The number of alkyl halides is 1. The van der Waals surface area contributed by atoms with Gasteiger partial charge in [0.1, 0.15) is 24.6 Å². The van der Waals surface area contributed by atoms with Gasteiger partial charge in [-0.2, -0.15) is 15.1 Å². The van der Waals surface area contributed by atoms with Crippen LogP contribution in [0.25, 0.3) is 17.2 Å². The summed E-state index contributed by atoms with van der Waals surface area (Å²) in [5.41, 5.74) is 8.09. The number of nitrogen functional groups attached to an aromatic ring is 1. The number of rotatable bonds is 13. The van der Waals surface area contributed by atoms with E-state index in [4.69, 9.17) is 24.3 Å². The molecule has 2 aromatic heterocycles. The molecular formula is C29H39FN7O6P. The molecule has 13 nitrogen and oxygen atoms in total. The summed E-state index contributed by atoms with van der Waals surface area (Å²) in [6, 6.07) is 4.04. The molecule has 0 spiro atoms. The van der Waals surface area contributed by atoms with E-state index < -0.39 is 44.6 Å². The highest BCUT2D eigenvalue weighted by Crippen LogP contribution is 2.50. The highest BCUT2D eigenvalue weighted by atomic mass is 31.2. The predicted molar refractivity (Wildman–Crippen MR) is 165 cm³/mol. The third-order valence-corrected chi connectivity index (χ3v) is 8.47. The molecule has 3 aromatic rings. The van der Waals surface area contributed by atoms with Gasteiger partial charge in [0.05, 0.1) is 12.4 Å². The molecule has 0 saturated carbocycles. The fourth-order valence-corrected chi connectivity index (χ4v) is 6.37. The third kappa shape index (κ3) is 7.44. The molecule has 238 valence electrons. The second kappa shape index (κ2) is 13.4. The van der Waals surface area contributed by atoms with Crippen LogP contribution in [0.4, 0.5) is 16.2 Å². The molecule has 5 atom stereocenters. The lowest BCUT2D eigenvalue weighted by molar-refractivity contribution is -0.173. The lowest BCUT2D eigenvalue weighted by atomic mass is 10.1. The Kier molecular flexibility index (Phi) is 10.1. The number of aromatic nitrogens is 4. The molecule has 0 bridgehead atoms. The third-order valence-electron chi connectivity index (χ3n) is 6.86. The summed E-state index contributed by atoms with van der Waals surface area (Å²) >= 11 is 0. The molecule has 0 aliphatic carbocycles. The van der Waals surface area contributed by atoms with Crippen LogP contribution in [-0.4, -0.2) is 57.1 Å². The Bertz CT molecular complexity index is 1600. The number of carbonyl (C=O) groups is 1. The number of nitrogens with two attached hydrogens (primary N) is 1. The maximum atomic E-state index is 16.3. The summed E-state index contributed by atoms with van der Waals surface area (Å²) in [5.74, 6) is -2.79.